The van der Waals surface area contributed by atoms with Crippen LogP contribution in [0.3, 0.4) is 0 Å². The van der Waals surface area contributed by atoms with E-state index in [4.69, 9.17) is 0 Å². The number of hydrogen-bond acceptors (Lipinski definition) is 0. The molecule has 0 aliphatic heterocycles. The predicted molar refractivity (Wildman–Crippen MR) is 56.9 cm³/mol. The van der Waals surface area contributed by atoms with Crippen molar-refractivity contribution in [1.29, 1.82) is 0 Å². The van der Waals surface area contributed by atoms with Gasteiger partial charge in [0.15, 0.2) is 0 Å². The molecule has 78 valence electrons. The van der Waals surface area contributed by atoms with Crippen LogP contribution in [-0.4, -0.2) is 0 Å². The zero-order valence-corrected chi connectivity index (χ0v) is 9.30. The van der Waals surface area contributed by atoms with Crippen LogP contribution in [0.1, 0.15) is 32.6 Å². The Bertz CT molecular complexity index is 125. The third-order valence-corrected chi connectivity index (χ3v) is 1.57. The zero-order chi connectivity index (χ0) is 9.07. The minimum absolute atomic E-state index is 0. The first-order valence-electron chi connectivity index (χ1n) is 4.62. The van der Waals surface area contributed by atoms with Crippen molar-refractivity contribution in [3.8, 4) is 0 Å². The van der Waals surface area contributed by atoms with Gasteiger partial charge >= 0.3 is 0 Å². The molecule has 0 aromatic carbocycles. The summed E-state index contributed by atoms with van der Waals surface area (Å²) in [6.07, 6.45) is 17.6. The fourth-order valence-electron chi connectivity index (χ4n) is 0.856. The molecular weight excluding hydrogens is 203 g/mol. The molecule has 1 rings (SSSR count). The minimum Gasteiger partial charge on any atom is -0.245 e. The Morgan fingerprint density at radius 3 is 1.31 bits per heavy atom. The molecule has 1 aliphatic rings. The van der Waals surface area contributed by atoms with Crippen molar-refractivity contribution in [2.75, 3.05) is 0 Å². The molecule has 0 amide bonds. The van der Waals surface area contributed by atoms with Gasteiger partial charge in [0.2, 0.25) is 0 Å². The molecule has 0 nitrogen and oxygen atoms in total. The van der Waals surface area contributed by atoms with Crippen LogP contribution in [0.4, 0.5) is 0 Å². The van der Waals surface area contributed by atoms with E-state index in [1.54, 1.807) is 6.08 Å². The van der Waals surface area contributed by atoms with Gasteiger partial charge < -0.3 is 0 Å². The molecule has 0 saturated carbocycles. The maximum Gasteiger partial charge on any atom is 0 e. The normalized spacial score (nSPS) is 17.6. The summed E-state index contributed by atoms with van der Waals surface area (Å²) in [4.78, 5) is 0. The van der Waals surface area contributed by atoms with E-state index in [-0.39, 0.29) is 16.5 Å². The molecule has 0 N–H and O–H groups in total. The second kappa shape index (κ2) is 14.1. The molecule has 0 fully saturated rings. The van der Waals surface area contributed by atoms with Gasteiger partial charge in [0.05, 0.1) is 0 Å². The molecule has 0 unspecified atom stereocenters. The Balaban J connectivity index is 0. The molecule has 0 bridgehead atoms. The molecule has 1 heteroatoms. The molecule has 0 spiro atoms. The molecule has 0 saturated heterocycles. The number of allylic oxidation sites excluding steroid dienone is 6. The first-order chi connectivity index (χ1) is 5.91. The van der Waals surface area contributed by atoms with Crippen LogP contribution in [0.5, 0.6) is 0 Å². The van der Waals surface area contributed by atoms with Gasteiger partial charge in [-0.05, 0) is 25.7 Å². The van der Waals surface area contributed by atoms with Crippen molar-refractivity contribution in [2.24, 2.45) is 0 Å². The number of hydrogen-bond donors (Lipinski definition) is 0. The first kappa shape index (κ1) is 15.1. The van der Waals surface area contributed by atoms with E-state index in [1.165, 1.54) is 25.7 Å². The second-order valence-corrected chi connectivity index (χ2v) is 2.67. The van der Waals surface area contributed by atoms with E-state index in [9.17, 15) is 0 Å². The smallest absolute Gasteiger partial charge is 0 e. The maximum atomic E-state index is 3.42. The summed E-state index contributed by atoms with van der Waals surface area (Å²) in [6.45, 7) is 5.36. The van der Waals surface area contributed by atoms with Gasteiger partial charge in [-0.15, -0.1) is 6.92 Å². The van der Waals surface area contributed by atoms with Crippen molar-refractivity contribution >= 4 is 0 Å². The first-order valence-corrected chi connectivity index (χ1v) is 4.62. The van der Waals surface area contributed by atoms with Gasteiger partial charge in [0.1, 0.15) is 0 Å². The van der Waals surface area contributed by atoms with E-state index in [2.05, 4.69) is 31.2 Å². The number of rotatable bonds is 0. The van der Waals surface area contributed by atoms with E-state index < -0.39 is 0 Å². The Kier molecular flexibility index (Phi) is 16.4. The van der Waals surface area contributed by atoms with Crippen molar-refractivity contribution in [3.63, 3.8) is 0 Å². The van der Waals surface area contributed by atoms with Crippen molar-refractivity contribution < 1.29 is 16.5 Å². The summed E-state index contributed by atoms with van der Waals surface area (Å²) < 4.78 is 0. The van der Waals surface area contributed by atoms with E-state index in [1.807, 2.05) is 13.0 Å². The summed E-state index contributed by atoms with van der Waals surface area (Å²) >= 11 is 0. The molecule has 0 aromatic heterocycles. The molecule has 0 aromatic rings. The quantitative estimate of drug-likeness (QED) is 0.329. The van der Waals surface area contributed by atoms with E-state index in [0.717, 1.165) is 0 Å². The van der Waals surface area contributed by atoms with Crippen LogP contribution in [0.25, 0.3) is 0 Å². The molecule has 0 atom stereocenters. The SMILES string of the molecule is C1=CCC/C=C\CC1.[CH2-]/C=C/C.[Ni]. The third-order valence-electron chi connectivity index (χ3n) is 1.57. The predicted octanol–water partition coefficient (Wildman–Crippen LogP) is 4.07. The molecule has 0 heterocycles. The fraction of sp³-hybridized carbons (Fsp3) is 0.417. The molecule has 0 radical (unpaired) electrons. The van der Waals surface area contributed by atoms with Gasteiger partial charge in [0, 0.05) is 16.5 Å². The maximum absolute atomic E-state index is 3.42. The molecular formula is C12H19Ni-. The van der Waals surface area contributed by atoms with Crippen LogP contribution in [0.2, 0.25) is 0 Å². The Morgan fingerprint density at radius 1 is 0.923 bits per heavy atom. The average Bonchev–Trinajstić information content (AvgIpc) is 2.04. The molecule has 13 heavy (non-hydrogen) atoms. The van der Waals surface area contributed by atoms with Crippen molar-refractivity contribution in [3.05, 3.63) is 43.4 Å². The standard InChI is InChI=1S/C8H12.C4H7.Ni/c1-2-4-6-8-7-5-3-1;1-3-4-2;/h1-2,7-8H,3-6H2;3-4H,1H2,2H3;/q;-1;/b2-1-,8-7?;4-3+;. The van der Waals surface area contributed by atoms with Crippen LogP contribution < -0.4 is 0 Å². The summed E-state index contributed by atoms with van der Waals surface area (Å²) in [5.74, 6) is 0. The largest absolute Gasteiger partial charge is 0.245 e. The summed E-state index contributed by atoms with van der Waals surface area (Å²) in [5.41, 5.74) is 0. The summed E-state index contributed by atoms with van der Waals surface area (Å²) in [6, 6.07) is 0. The van der Waals surface area contributed by atoms with E-state index in [0.29, 0.717) is 0 Å². The molecule has 1 aliphatic carbocycles. The van der Waals surface area contributed by atoms with Gasteiger partial charge in [-0.2, -0.15) is 0 Å². The van der Waals surface area contributed by atoms with Gasteiger partial charge in [-0.3, -0.25) is 0 Å². The Hall–Kier alpha value is -0.416. The fourth-order valence-corrected chi connectivity index (χ4v) is 0.856. The van der Waals surface area contributed by atoms with Gasteiger partial charge in [-0.1, -0.05) is 24.3 Å². The third kappa shape index (κ3) is 14.4. The van der Waals surface area contributed by atoms with E-state index >= 15 is 0 Å². The van der Waals surface area contributed by atoms with Crippen molar-refractivity contribution in [2.45, 2.75) is 32.6 Å². The van der Waals surface area contributed by atoms with Crippen LogP contribution >= 0.6 is 0 Å². The summed E-state index contributed by atoms with van der Waals surface area (Å²) in [5, 5.41) is 0. The van der Waals surface area contributed by atoms with Crippen LogP contribution in [-0.2, 0) is 16.5 Å². The van der Waals surface area contributed by atoms with Crippen LogP contribution in [0, 0.1) is 6.92 Å². The minimum atomic E-state index is 0. The Morgan fingerprint density at radius 2 is 1.15 bits per heavy atom. The zero-order valence-electron chi connectivity index (χ0n) is 8.32. The summed E-state index contributed by atoms with van der Waals surface area (Å²) in [7, 11) is 0. The second-order valence-electron chi connectivity index (χ2n) is 2.67. The average molecular weight is 222 g/mol. The Labute approximate surface area is 92.7 Å². The monoisotopic (exact) mass is 221 g/mol. The van der Waals surface area contributed by atoms with Gasteiger partial charge in [-0.25, -0.2) is 19.1 Å². The topological polar surface area (TPSA) is 0 Å². The van der Waals surface area contributed by atoms with Crippen LogP contribution in [0.15, 0.2) is 36.5 Å². The van der Waals surface area contributed by atoms with Gasteiger partial charge in [0.25, 0.3) is 0 Å². The van der Waals surface area contributed by atoms with Crippen molar-refractivity contribution in [1.82, 2.24) is 0 Å².